The number of aryl methyl sites for hydroxylation is 1. The number of carbonyl (C=O) groups is 1. The maximum atomic E-state index is 13.1. The molecule has 1 aliphatic heterocycles. The van der Waals surface area contributed by atoms with E-state index < -0.39 is 0 Å². The molecule has 138 valence electrons. The van der Waals surface area contributed by atoms with E-state index >= 15 is 0 Å². The summed E-state index contributed by atoms with van der Waals surface area (Å²) in [6.07, 6.45) is 1.41. The van der Waals surface area contributed by atoms with Crippen molar-refractivity contribution in [1.29, 1.82) is 0 Å². The van der Waals surface area contributed by atoms with E-state index in [2.05, 4.69) is 10.1 Å². The maximum absolute atomic E-state index is 13.1. The number of hydrogen-bond acceptors (Lipinski definition) is 4. The molecule has 6 nitrogen and oxygen atoms in total. The quantitative estimate of drug-likeness (QED) is 0.691. The maximum Gasteiger partial charge on any atom is 0.272 e. The molecule has 1 fully saturated rings. The fraction of sp³-hybridized carbons (Fsp3) is 0.211. The number of ether oxygens (including phenoxy) is 1. The van der Waals surface area contributed by atoms with Gasteiger partial charge in [-0.1, -0.05) is 11.6 Å². The highest BCUT2D eigenvalue weighted by Crippen LogP contribution is 2.23. The van der Waals surface area contributed by atoms with Crippen molar-refractivity contribution < 1.29 is 13.9 Å². The minimum absolute atomic E-state index is 0.104. The summed E-state index contributed by atoms with van der Waals surface area (Å²) in [4.78, 5) is 18.5. The van der Waals surface area contributed by atoms with Crippen molar-refractivity contribution in [1.82, 2.24) is 19.7 Å². The van der Waals surface area contributed by atoms with E-state index in [1.54, 1.807) is 42.3 Å². The predicted octanol–water partition coefficient (Wildman–Crippen LogP) is 3.18. The SMILES string of the molecule is Cn1nc(-c2ccc(F)cc2)cc1C(=O)N1CC(Oc2ccc(Cl)cn2)C1. The predicted molar refractivity (Wildman–Crippen MR) is 98.2 cm³/mol. The lowest BCUT2D eigenvalue weighted by Crippen LogP contribution is -2.56. The molecule has 1 amide bonds. The number of benzene rings is 1. The van der Waals surface area contributed by atoms with Crippen molar-refractivity contribution in [2.45, 2.75) is 6.10 Å². The smallest absolute Gasteiger partial charge is 0.272 e. The van der Waals surface area contributed by atoms with Gasteiger partial charge in [0.15, 0.2) is 0 Å². The summed E-state index contributed by atoms with van der Waals surface area (Å²) in [6.45, 7) is 0.945. The van der Waals surface area contributed by atoms with Gasteiger partial charge >= 0.3 is 0 Å². The van der Waals surface area contributed by atoms with Crippen molar-refractivity contribution in [3.8, 4) is 17.1 Å². The standard InChI is InChI=1S/C19H16ClFN4O2/c1-24-17(8-16(23-24)12-2-5-14(21)6-3-12)19(26)25-10-15(11-25)27-18-7-4-13(20)9-22-18/h2-9,15H,10-11H2,1H3. The molecule has 0 N–H and O–H groups in total. The summed E-state index contributed by atoms with van der Waals surface area (Å²) in [5, 5.41) is 4.90. The van der Waals surface area contributed by atoms with Crippen molar-refractivity contribution in [2.24, 2.45) is 7.05 Å². The Hall–Kier alpha value is -2.93. The first-order valence-corrected chi connectivity index (χ1v) is 8.75. The lowest BCUT2D eigenvalue weighted by Gasteiger charge is -2.38. The fourth-order valence-electron chi connectivity index (χ4n) is 2.87. The monoisotopic (exact) mass is 386 g/mol. The van der Waals surface area contributed by atoms with Gasteiger partial charge in [0, 0.05) is 24.9 Å². The molecule has 0 aliphatic carbocycles. The van der Waals surface area contributed by atoms with E-state index in [-0.39, 0.29) is 17.8 Å². The van der Waals surface area contributed by atoms with Crippen LogP contribution >= 0.6 is 11.6 Å². The highest BCUT2D eigenvalue weighted by atomic mass is 35.5. The highest BCUT2D eigenvalue weighted by Gasteiger charge is 2.34. The van der Waals surface area contributed by atoms with Gasteiger partial charge in [-0.3, -0.25) is 9.48 Å². The minimum Gasteiger partial charge on any atom is -0.471 e. The van der Waals surface area contributed by atoms with Crippen LogP contribution in [0.25, 0.3) is 11.3 Å². The summed E-state index contributed by atoms with van der Waals surface area (Å²) in [5.74, 6) is 0.0469. The van der Waals surface area contributed by atoms with Gasteiger partial charge in [-0.25, -0.2) is 9.37 Å². The Kier molecular flexibility index (Phi) is 4.53. The average Bonchev–Trinajstić information content (AvgIpc) is 3.01. The lowest BCUT2D eigenvalue weighted by molar-refractivity contribution is 0.0152. The van der Waals surface area contributed by atoms with Crippen LogP contribution in [0.4, 0.5) is 4.39 Å². The zero-order chi connectivity index (χ0) is 19.0. The molecule has 27 heavy (non-hydrogen) atoms. The lowest BCUT2D eigenvalue weighted by atomic mass is 10.1. The third-order valence-corrected chi connectivity index (χ3v) is 4.59. The largest absolute Gasteiger partial charge is 0.471 e. The molecule has 0 unspecified atom stereocenters. The van der Waals surface area contributed by atoms with Crippen LogP contribution in [-0.4, -0.2) is 44.8 Å². The van der Waals surface area contributed by atoms with Crippen LogP contribution in [0.3, 0.4) is 0 Å². The Morgan fingerprint density at radius 1 is 1.22 bits per heavy atom. The van der Waals surface area contributed by atoms with Crippen molar-refractivity contribution in [3.63, 3.8) is 0 Å². The number of carbonyl (C=O) groups excluding carboxylic acids is 1. The number of likely N-dealkylation sites (tertiary alicyclic amines) is 1. The second-order valence-corrected chi connectivity index (χ2v) is 6.75. The summed E-state index contributed by atoms with van der Waals surface area (Å²) in [7, 11) is 1.71. The van der Waals surface area contributed by atoms with Gasteiger partial charge in [0.25, 0.3) is 5.91 Å². The van der Waals surface area contributed by atoms with Crippen LogP contribution in [-0.2, 0) is 7.05 Å². The number of rotatable bonds is 4. The Labute approximate surface area is 160 Å². The van der Waals surface area contributed by atoms with Gasteiger partial charge in [0.2, 0.25) is 5.88 Å². The molecular formula is C19H16ClFN4O2. The third-order valence-electron chi connectivity index (χ3n) is 4.36. The number of pyridine rings is 1. The molecule has 8 heteroatoms. The van der Waals surface area contributed by atoms with Gasteiger partial charge in [-0.05, 0) is 36.4 Å². The zero-order valence-electron chi connectivity index (χ0n) is 14.5. The van der Waals surface area contributed by atoms with Crippen molar-refractivity contribution >= 4 is 17.5 Å². The van der Waals surface area contributed by atoms with Crippen LogP contribution < -0.4 is 4.74 Å². The topological polar surface area (TPSA) is 60.2 Å². The zero-order valence-corrected chi connectivity index (χ0v) is 15.2. The third kappa shape index (κ3) is 3.64. The summed E-state index contributed by atoms with van der Waals surface area (Å²) in [6, 6.07) is 11.1. The second-order valence-electron chi connectivity index (χ2n) is 6.31. The number of aromatic nitrogens is 3. The first-order chi connectivity index (χ1) is 13.0. The Balaban J connectivity index is 1.40. The highest BCUT2D eigenvalue weighted by molar-refractivity contribution is 6.30. The molecular weight excluding hydrogens is 371 g/mol. The van der Waals surface area contributed by atoms with Gasteiger partial charge in [-0.15, -0.1) is 0 Å². The molecule has 1 aliphatic rings. The Morgan fingerprint density at radius 2 is 1.96 bits per heavy atom. The molecule has 0 spiro atoms. The van der Waals surface area contributed by atoms with E-state index in [4.69, 9.17) is 16.3 Å². The van der Waals surface area contributed by atoms with Crippen LogP contribution in [0.5, 0.6) is 5.88 Å². The van der Waals surface area contributed by atoms with E-state index in [0.29, 0.717) is 35.4 Å². The van der Waals surface area contributed by atoms with E-state index in [1.165, 1.54) is 23.0 Å². The number of amides is 1. The second kappa shape index (κ2) is 7.00. The number of halogens is 2. The van der Waals surface area contributed by atoms with Crippen LogP contribution in [0, 0.1) is 5.82 Å². The van der Waals surface area contributed by atoms with E-state index in [0.717, 1.165) is 5.56 Å². The van der Waals surface area contributed by atoms with Crippen LogP contribution in [0.15, 0.2) is 48.7 Å². The molecule has 1 aromatic carbocycles. The molecule has 0 bridgehead atoms. The molecule has 3 aromatic rings. The molecule has 2 aromatic heterocycles. The minimum atomic E-state index is -0.312. The molecule has 4 rings (SSSR count). The Morgan fingerprint density at radius 3 is 2.63 bits per heavy atom. The molecule has 0 saturated carbocycles. The van der Waals surface area contributed by atoms with Gasteiger partial charge in [0.05, 0.1) is 23.8 Å². The molecule has 3 heterocycles. The summed E-state index contributed by atoms with van der Waals surface area (Å²) < 4.78 is 20.3. The molecule has 0 radical (unpaired) electrons. The van der Waals surface area contributed by atoms with Crippen LogP contribution in [0.2, 0.25) is 5.02 Å². The van der Waals surface area contributed by atoms with Crippen molar-refractivity contribution in [3.05, 3.63) is 65.2 Å². The first kappa shape index (κ1) is 17.5. The molecule has 1 saturated heterocycles. The van der Waals surface area contributed by atoms with Crippen molar-refractivity contribution in [2.75, 3.05) is 13.1 Å². The number of hydrogen-bond donors (Lipinski definition) is 0. The normalized spacial score (nSPS) is 14.1. The van der Waals surface area contributed by atoms with E-state index in [1.807, 2.05) is 0 Å². The van der Waals surface area contributed by atoms with E-state index in [9.17, 15) is 9.18 Å². The Bertz CT molecular complexity index is 966. The average molecular weight is 387 g/mol. The fourth-order valence-corrected chi connectivity index (χ4v) is 2.98. The summed E-state index contributed by atoms with van der Waals surface area (Å²) >= 11 is 5.80. The first-order valence-electron chi connectivity index (χ1n) is 8.37. The van der Waals surface area contributed by atoms with Gasteiger partial charge < -0.3 is 9.64 Å². The van der Waals surface area contributed by atoms with Gasteiger partial charge in [0.1, 0.15) is 17.6 Å². The summed E-state index contributed by atoms with van der Waals surface area (Å²) in [5.41, 5.74) is 1.85. The van der Waals surface area contributed by atoms with Crippen LogP contribution in [0.1, 0.15) is 10.5 Å². The molecule has 0 atom stereocenters. The number of nitrogens with zero attached hydrogens (tertiary/aromatic N) is 4. The van der Waals surface area contributed by atoms with Gasteiger partial charge in [-0.2, -0.15) is 5.10 Å².